The molecule has 0 aromatic heterocycles. The number of carbonyl (C=O) groups excluding carboxylic acids is 1. The van der Waals surface area contributed by atoms with Crippen LogP contribution in [0.2, 0.25) is 5.02 Å². The number of hydrogen-bond donors (Lipinski definition) is 0. The van der Waals surface area contributed by atoms with Crippen LogP contribution in [0, 0.1) is 10.1 Å². The van der Waals surface area contributed by atoms with Crippen LogP contribution in [0.15, 0.2) is 24.3 Å². The maximum atomic E-state index is 10.8. The number of benzene rings is 1. The molecule has 0 radical (unpaired) electrons. The molecule has 0 aliphatic heterocycles. The fraction of sp³-hybridized carbons (Fsp3) is 0.100. The lowest BCUT2D eigenvalue weighted by Crippen LogP contribution is -1.95. The molecule has 84 valence electrons. The number of ether oxygens (including phenoxy) is 1. The highest BCUT2D eigenvalue weighted by Crippen LogP contribution is 2.23. The molecule has 0 N–H and O–H groups in total. The number of carbonyl (C=O) groups is 1. The number of methoxy groups -OCH3 is 1. The van der Waals surface area contributed by atoms with Crippen molar-refractivity contribution in [2.45, 2.75) is 0 Å². The van der Waals surface area contributed by atoms with Gasteiger partial charge in [0.1, 0.15) is 0 Å². The Hall–Kier alpha value is -1.88. The molecule has 5 nitrogen and oxygen atoms in total. The zero-order valence-corrected chi connectivity index (χ0v) is 9.10. The Balaban J connectivity index is 3.10. The van der Waals surface area contributed by atoms with Crippen LogP contribution in [-0.4, -0.2) is 18.0 Å². The van der Waals surface area contributed by atoms with Gasteiger partial charge < -0.3 is 4.74 Å². The molecule has 0 aliphatic rings. The smallest absolute Gasteiger partial charge is 0.330 e. The van der Waals surface area contributed by atoms with Crippen molar-refractivity contribution in [3.63, 3.8) is 0 Å². The Bertz CT molecular complexity index is 456. The highest BCUT2D eigenvalue weighted by Gasteiger charge is 2.11. The van der Waals surface area contributed by atoms with E-state index in [1.165, 1.54) is 31.4 Å². The number of nitro benzene ring substituents is 1. The van der Waals surface area contributed by atoms with E-state index in [4.69, 9.17) is 11.6 Å². The lowest BCUT2D eigenvalue weighted by molar-refractivity contribution is -0.385. The van der Waals surface area contributed by atoms with E-state index in [1.807, 2.05) is 0 Å². The van der Waals surface area contributed by atoms with E-state index in [9.17, 15) is 14.9 Å². The minimum atomic E-state index is -0.589. The molecule has 0 aliphatic carbocycles. The molecule has 0 bridgehead atoms. The van der Waals surface area contributed by atoms with Crippen LogP contribution >= 0.6 is 11.6 Å². The van der Waals surface area contributed by atoms with Gasteiger partial charge in [0, 0.05) is 17.2 Å². The third-order valence-electron chi connectivity index (χ3n) is 1.79. The van der Waals surface area contributed by atoms with E-state index in [0.29, 0.717) is 5.02 Å². The van der Waals surface area contributed by atoms with Crippen molar-refractivity contribution in [1.29, 1.82) is 0 Å². The second-order valence-corrected chi connectivity index (χ2v) is 3.25. The summed E-state index contributed by atoms with van der Waals surface area (Å²) >= 11 is 5.70. The quantitative estimate of drug-likeness (QED) is 0.353. The van der Waals surface area contributed by atoms with Crippen LogP contribution in [0.5, 0.6) is 0 Å². The maximum absolute atomic E-state index is 10.8. The van der Waals surface area contributed by atoms with Gasteiger partial charge in [0.2, 0.25) is 0 Å². The number of nitrogens with zero attached hydrogens (tertiary/aromatic N) is 1. The zero-order chi connectivity index (χ0) is 12.1. The average molecular weight is 242 g/mol. The summed E-state index contributed by atoms with van der Waals surface area (Å²) < 4.78 is 4.37. The van der Waals surface area contributed by atoms with Crippen molar-refractivity contribution in [2.75, 3.05) is 7.11 Å². The largest absolute Gasteiger partial charge is 0.466 e. The van der Waals surface area contributed by atoms with E-state index >= 15 is 0 Å². The number of halogens is 1. The molecule has 0 amide bonds. The molecule has 16 heavy (non-hydrogen) atoms. The minimum absolute atomic E-state index is 0.121. The number of hydrogen-bond acceptors (Lipinski definition) is 4. The fourth-order valence-electron chi connectivity index (χ4n) is 1.05. The van der Waals surface area contributed by atoms with Gasteiger partial charge in [-0.05, 0) is 18.2 Å². The molecule has 0 atom stereocenters. The van der Waals surface area contributed by atoms with E-state index in [1.54, 1.807) is 0 Å². The van der Waals surface area contributed by atoms with Gasteiger partial charge in [-0.1, -0.05) is 11.6 Å². The van der Waals surface area contributed by atoms with Crippen LogP contribution < -0.4 is 0 Å². The molecule has 1 aromatic rings. The first-order valence-corrected chi connectivity index (χ1v) is 4.62. The maximum Gasteiger partial charge on any atom is 0.330 e. The third-order valence-corrected chi connectivity index (χ3v) is 2.02. The van der Waals surface area contributed by atoms with E-state index in [0.717, 1.165) is 6.08 Å². The number of rotatable bonds is 3. The number of esters is 1. The van der Waals surface area contributed by atoms with Crippen molar-refractivity contribution in [3.05, 3.63) is 45.0 Å². The van der Waals surface area contributed by atoms with Gasteiger partial charge in [-0.25, -0.2) is 4.79 Å². The Morgan fingerprint density at radius 2 is 2.25 bits per heavy atom. The van der Waals surface area contributed by atoms with Crippen molar-refractivity contribution in [2.24, 2.45) is 0 Å². The van der Waals surface area contributed by atoms with Gasteiger partial charge in [0.25, 0.3) is 5.69 Å². The predicted molar refractivity (Wildman–Crippen MR) is 59.2 cm³/mol. The predicted octanol–water partition coefficient (Wildman–Crippen LogP) is 2.43. The van der Waals surface area contributed by atoms with Crippen LogP contribution in [0.4, 0.5) is 5.69 Å². The molecular formula is C10H8ClNO4. The molecule has 0 saturated carbocycles. The second-order valence-electron chi connectivity index (χ2n) is 2.82. The number of nitro groups is 1. The molecule has 0 fully saturated rings. The molecule has 0 spiro atoms. The van der Waals surface area contributed by atoms with Crippen molar-refractivity contribution in [1.82, 2.24) is 0 Å². The molecule has 6 heteroatoms. The topological polar surface area (TPSA) is 69.4 Å². The molecule has 0 heterocycles. The van der Waals surface area contributed by atoms with Crippen LogP contribution in [0.3, 0.4) is 0 Å². The van der Waals surface area contributed by atoms with Gasteiger partial charge in [-0.3, -0.25) is 10.1 Å². The van der Waals surface area contributed by atoms with Gasteiger partial charge in [-0.15, -0.1) is 0 Å². The highest BCUT2D eigenvalue weighted by atomic mass is 35.5. The van der Waals surface area contributed by atoms with Crippen LogP contribution in [0.25, 0.3) is 6.08 Å². The van der Waals surface area contributed by atoms with Crippen molar-refractivity contribution < 1.29 is 14.5 Å². The summed E-state index contributed by atoms with van der Waals surface area (Å²) in [5.74, 6) is -0.589. The molecule has 1 aromatic carbocycles. The van der Waals surface area contributed by atoms with Gasteiger partial charge in [-0.2, -0.15) is 0 Å². The summed E-state index contributed by atoms with van der Waals surface area (Å²) in [4.78, 5) is 21.0. The van der Waals surface area contributed by atoms with E-state index in [2.05, 4.69) is 4.74 Å². The lowest BCUT2D eigenvalue weighted by atomic mass is 10.1. The second kappa shape index (κ2) is 5.27. The SMILES string of the molecule is COC(=O)C=Cc1cc(Cl)ccc1[N+](=O)[O-]. The van der Waals surface area contributed by atoms with E-state index < -0.39 is 10.9 Å². The molecule has 1 rings (SSSR count). The Morgan fingerprint density at radius 3 is 2.81 bits per heavy atom. The lowest BCUT2D eigenvalue weighted by Gasteiger charge is -1.98. The van der Waals surface area contributed by atoms with Crippen LogP contribution in [-0.2, 0) is 9.53 Å². The van der Waals surface area contributed by atoms with Gasteiger partial charge >= 0.3 is 5.97 Å². The Kier molecular flexibility index (Phi) is 4.02. The summed E-state index contributed by atoms with van der Waals surface area (Å²) in [5.41, 5.74) is 0.132. The van der Waals surface area contributed by atoms with Crippen molar-refractivity contribution >= 4 is 29.3 Å². The standard InChI is InChI=1S/C10H8ClNO4/c1-16-10(13)5-2-7-6-8(11)3-4-9(7)12(14)15/h2-6H,1H3. The van der Waals surface area contributed by atoms with Crippen molar-refractivity contribution in [3.8, 4) is 0 Å². The van der Waals surface area contributed by atoms with Crippen LogP contribution in [0.1, 0.15) is 5.56 Å². The molecular weight excluding hydrogens is 234 g/mol. The molecule has 0 saturated heterocycles. The Morgan fingerprint density at radius 1 is 1.56 bits per heavy atom. The fourth-order valence-corrected chi connectivity index (χ4v) is 1.23. The first-order valence-electron chi connectivity index (χ1n) is 4.24. The average Bonchev–Trinajstić information content (AvgIpc) is 2.25. The normalized spacial score (nSPS) is 10.4. The van der Waals surface area contributed by atoms with Gasteiger partial charge in [0.15, 0.2) is 0 Å². The monoisotopic (exact) mass is 241 g/mol. The first kappa shape index (κ1) is 12.2. The first-order chi connectivity index (χ1) is 7.54. The highest BCUT2D eigenvalue weighted by molar-refractivity contribution is 6.30. The summed E-state index contributed by atoms with van der Waals surface area (Å²) in [6.45, 7) is 0. The third kappa shape index (κ3) is 3.06. The summed E-state index contributed by atoms with van der Waals surface area (Å²) in [6, 6.07) is 4.09. The van der Waals surface area contributed by atoms with Gasteiger partial charge in [0.05, 0.1) is 17.6 Å². The summed E-state index contributed by atoms with van der Waals surface area (Å²) in [7, 11) is 1.22. The Labute approximate surface area is 96.4 Å². The summed E-state index contributed by atoms with van der Waals surface area (Å²) in [6.07, 6.45) is 2.38. The zero-order valence-electron chi connectivity index (χ0n) is 8.34. The minimum Gasteiger partial charge on any atom is -0.466 e. The molecule has 0 unspecified atom stereocenters. The van der Waals surface area contributed by atoms with E-state index in [-0.39, 0.29) is 11.3 Å². The summed E-state index contributed by atoms with van der Waals surface area (Å²) in [5, 5.41) is 11.0.